The molecule has 108 valence electrons. The third-order valence-corrected chi connectivity index (χ3v) is 3.94. The van der Waals surface area contributed by atoms with Crippen molar-refractivity contribution in [2.24, 2.45) is 0 Å². The fraction of sp³-hybridized carbons (Fsp3) is 1.00. The maximum atomic E-state index is 6.02. The first-order chi connectivity index (χ1) is 8.80. The molecule has 7 heteroatoms. The van der Waals surface area contributed by atoms with E-state index in [4.69, 9.17) is 23.7 Å². The minimum Gasteiger partial charge on any atom is -0.348 e. The maximum absolute atomic E-state index is 6.02. The van der Waals surface area contributed by atoms with Crippen LogP contribution in [0, 0.1) is 0 Å². The highest BCUT2D eigenvalue weighted by Crippen LogP contribution is 2.47. The third kappa shape index (κ3) is 1.84. The minimum atomic E-state index is -0.626. The number of fused-ring (bicyclic) bond motifs is 2. The Hall–Kier alpha value is -0.280. The third-order valence-electron chi connectivity index (χ3n) is 3.94. The highest BCUT2D eigenvalue weighted by atomic mass is 16.8. The molecule has 1 spiro atoms. The van der Waals surface area contributed by atoms with E-state index in [-0.39, 0.29) is 24.4 Å². The van der Waals surface area contributed by atoms with Gasteiger partial charge in [-0.1, -0.05) is 0 Å². The van der Waals surface area contributed by atoms with E-state index in [2.05, 4.69) is 10.9 Å². The number of hydrogen-bond acceptors (Lipinski definition) is 7. The van der Waals surface area contributed by atoms with E-state index in [1.54, 1.807) is 0 Å². The van der Waals surface area contributed by atoms with Gasteiger partial charge in [-0.25, -0.2) is 10.9 Å². The molecule has 4 fully saturated rings. The second-order valence-electron chi connectivity index (χ2n) is 6.46. The zero-order chi connectivity index (χ0) is 13.5. The van der Waals surface area contributed by atoms with Gasteiger partial charge in [0, 0.05) is 0 Å². The van der Waals surface area contributed by atoms with Crippen molar-refractivity contribution < 1.29 is 23.7 Å². The van der Waals surface area contributed by atoms with Crippen LogP contribution in [0.2, 0.25) is 0 Å². The summed E-state index contributed by atoms with van der Waals surface area (Å²) in [5.74, 6) is -1.80. The molecule has 0 amide bonds. The summed E-state index contributed by atoms with van der Waals surface area (Å²) < 4.78 is 29.4. The molecule has 0 aromatic rings. The monoisotopic (exact) mass is 272 g/mol. The summed E-state index contributed by atoms with van der Waals surface area (Å²) >= 11 is 0. The van der Waals surface area contributed by atoms with Crippen molar-refractivity contribution in [1.82, 2.24) is 10.9 Å². The van der Waals surface area contributed by atoms with Crippen LogP contribution < -0.4 is 10.9 Å². The summed E-state index contributed by atoms with van der Waals surface area (Å²) in [6.07, 6.45) is -0.709. The van der Waals surface area contributed by atoms with Crippen molar-refractivity contribution in [2.45, 2.75) is 69.5 Å². The molecule has 7 nitrogen and oxygen atoms in total. The molecule has 4 rings (SSSR count). The van der Waals surface area contributed by atoms with Crippen LogP contribution >= 0.6 is 0 Å². The molecule has 0 bridgehead atoms. The SMILES string of the molecule is CC1(C)OC[C@H]([C@H]2OC3(NN3)[C@H]3OC(C)(C)O[C@@H]23)O1. The highest BCUT2D eigenvalue weighted by Gasteiger charge is 2.70. The predicted molar refractivity (Wildman–Crippen MR) is 62.6 cm³/mol. The quantitative estimate of drug-likeness (QED) is 0.640. The molecular formula is C12H20N2O5. The molecule has 19 heavy (non-hydrogen) atoms. The lowest BCUT2D eigenvalue weighted by atomic mass is 10.1. The van der Waals surface area contributed by atoms with Gasteiger partial charge >= 0.3 is 0 Å². The Labute approximate surface area is 111 Å². The van der Waals surface area contributed by atoms with Gasteiger partial charge in [0.05, 0.1) is 6.61 Å². The fourth-order valence-electron chi connectivity index (χ4n) is 3.12. The van der Waals surface area contributed by atoms with Crippen molar-refractivity contribution >= 4 is 0 Å². The Morgan fingerprint density at radius 2 is 1.58 bits per heavy atom. The first kappa shape index (κ1) is 12.5. The summed E-state index contributed by atoms with van der Waals surface area (Å²) in [7, 11) is 0. The van der Waals surface area contributed by atoms with Crippen LogP contribution in [0.15, 0.2) is 0 Å². The lowest BCUT2D eigenvalue weighted by molar-refractivity contribution is -0.213. The van der Waals surface area contributed by atoms with Crippen molar-refractivity contribution in [3.63, 3.8) is 0 Å². The first-order valence-corrected chi connectivity index (χ1v) is 6.70. The van der Waals surface area contributed by atoms with Crippen molar-refractivity contribution in [3.8, 4) is 0 Å². The Balaban J connectivity index is 1.57. The van der Waals surface area contributed by atoms with Gasteiger partial charge in [-0.05, 0) is 27.7 Å². The molecule has 4 heterocycles. The molecule has 4 saturated heterocycles. The van der Waals surface area contributed by atoms with Gasteiger partial charge in [-0.3, -0.25) is 0 Å². The summed E-state index contributed by atoms with van der Waals surface area (Å²) in [5, 5.41) is 0. The Morgan fingerprint density at radius 1 is 0.842 bits per heavy atom. The highest BCUT2D eigenvalue weighted by molar-refractivity contribution is 5.11. The van der Waals surface area contributed by atoms with Gasteiger partial charge in [-0.2, -0.15) is 0 Å². The van der Waals surface area contributed by atoms with E-state index in [9.17, 15) is 0 Å². The molecule has 0 radical (unpaired) electrons. The molecule has 0 aromatic carbocycles. The lowest BCUT2D eigenvalue weighted by Crippen LogP contribution is -2.40. The van der Waals surface area contributed by atoms with Crippen molar-refractivity contribution in [2.75, 3.05) is 6.61 Å². The van der Waals surface area contributed by atoms with E-state index in [1.807, 2.05) is 27.7 Å². The standard InChI is InChI=1S/C12H20N2O5/c1-10(2)15-5-6(16-10)7-8-9(12(18-7)13-14-12)19-11(3,4)17-8/h6-9,13-14H,5H2,1-4H3/t6-,7-,8+,9+/m1/s1. The number of hydrogen-bond donors (Lipinski definition) is 2. The van der Waals surface area contributed by atoms with E-state index < -0.39 is 17.4 Å². The fourth-order valence-corrected chi connectivity index (χ4v) is 3.12. The van der Waals surface area contributed by atoms with Gasteiger partial charge < -0.3 is 23.7 Å². The second-order valence-corrected chi connectivity index (χ2v) is 6.46. The predicted octanol–water partition coefficient (Wildman–Crippen LogP) is -0.182. The molecule has 2 N–H and O–H groups in total. The number of ether oxygens (including phenoxy) is 5. The minimum absolute atomic E-state index is 0.149. The first-order valence-electron chi connectivity index (χ1n) is 6.70. The summed E-state index contributed by atoms with van der Waals surface area (Å²) in [5.41, 5.74) is 6.04. The molecular weight excluding hydrogens is 252 g/mol. The smallest absolute Gasteiger partial charge is 0.230 e. The lowest BCUT2D eigenvalue weighted by Gasteiger charge is -2.26. The van der Waals surface area contributed by atoms with E-state index in [1.165, 1.54) is 0 Å². The summed E-state index contributed by atoms with van der Waals surface area (Å²) in [6, 6.07) is 0. The molecule has 4 atom stereocenters. The normalized spacial score (nSPS) is 48.6. The molecule has 4 aliphatic rings. The van der Waals surface area contributed by atoms with Crippen LogP contribution in [0.25, 0.3) is 0 Å². The number of hydrazine groups is 1. The zero-order valence-electron chi connectivity index (χ0n) is 11.6. The molecule has 4 aliphatic heterocycles. The zero-order valence-corrected chi connectivity index (χ0v) is 11.6. The molecule has 0 unspecified atom stereocenters. The average molecular weight is 272 g/mol. The van der Waals surface area contributed by atoms with Crippen LogP contribution in [-0.4, -0.2) is 48.4 Å². The maximum Gasteiger partial charge on any atom is 0.230 e. The number of nitrogens with one attached hydrogen (secondary N) is 2. The van der Waals surface area contributed by atoms with Gasteiger partial charge in [0.2, 0.25) is 5.85 Å². The molecule has 0 aliphatic carbocycles. The van der Waals surface area contributed by atoms with Crippen LogP contribution in [0.4, 0.5) is 0 Å². The summed E-state index contributed by atoms with van der Waals surface area (Å²) in [6.45, 7) is 8.13. The van der Waals surface area contributed by atoms with E-state index in [0.29, 0.717) is 6.61 Å². The topological polar surface area (TPSA) is 90.0 Å². The van der Waals surface area contributed by atoms with Crippen molar-refractivity contribution in [1.29, 1.82) is 0 Å². The molecule has 0 saturated carbocycles. The van der Waals surface area contributed by atoms with Crippen molar-refractivity contribution in [3.05, 3.63) is 0 Å². The molecule has 0 aromatic heterocycles. The summed E-state index contributed by atoms with van der Waals surface area (Å²) in [4.78, 5) is 0. The average Bonchev–Trinajstić information content (AvgIpc) is 2.77. The van der Waals surface area contributed by atoms with E-state index >= 15 is 0 Å². The van der Waals surface area contributed by atoms with Gasteiger partial charge in [0.15, 0.2) is 11.6 Å². The van der Waals surface area contributed by atoms with Crippen LogP contribution in [-0.2, 0) is 23.7 Å². The Bertz CT molecular complexity index is 409. The Morgan fingerprint density at radius 3 is 2.16 bits per heavy atom. The van der Waals surface area contributed by atoms with Crippen LogP contribution in [0.3, 0.4) is 0 Å². The van der Waals surface area contributed by atoms with Crippen LogP contribution in [0.5, 0.6) is 0 Å². The largest absolute Gasteiger partial charge is 0.348 e. The Kier molecular flexibility index (Phi) is 2.28. The van der Waals surface area contributed by atoms with Gasteiger partial charge in [-0.15, -0.1) is 0 Å². The second kappa shape index (κ2) is 3.48. The number of rotatable bonds is 1. The van der Waals surface area contributed by atoms with Gasteiger partial charge in [0.1, 0.15) is 24.4 Å². The van der Waals surface area contributed by atoms with E-state index in [0.717, 1.165) is 0 Å². The van der Waals surface area contributed by atoms with Gasteiger partial charge in [0.25, 0.3) is 0 Å². The van der Waals surface area contributed by atoms with Crippen LogP contribution in [0.1, 0.15) is 27.7 Å².